The van der Waals surface area contributed by atoms with Gasteiger partial charge in [-0.2, -0.15) is 0 Å². The van der Waals surface area contributed by atoms with E-state index in [1.807, 2.05) is 13.8 Å². The van der Waals surface area contributed by atoms with Gasteiger partial charge in [0, 0.05) is 19.3 Å². The third kappa shape index (κ3) is 3.90. The molecule has 0 atom stereocenters. The number of carbonyl (C=O) groups excluding carboxylic acids is 1. The van der Waals surface area contributed by atoms with Crippen LogP contribution in [0.25, 0.3) is 0 Å². The van der Waals surface area contributed by atoms with E-state index in [1.54, 1.807) is 0 Å². The molecule has 1 aromatic rings. The lowest BCUT2D eigenvalue weighted by Crippen LogP contribution is -2.40. The second-order valence-electron chi connectivity index (χ2n) is 3.78. The number of anilines is 1. The molecule has 0 radical (unpaired) electrons. The molecule has 1 aromatic heterocycles. The lowest BCUT2D eigenvalue weighted by molar-refractivity contribution is -0.129. The highest BCUT2D eigenvalue weighted by Crippen LogP contribution is 2.13. The summed E-state index contributed by atoms with van der Waals surface area (Å²) in [6.45, 7) is 4.43. The number of sulfonamides is 1. The molecule has 0 unspecified atom stereocenters. The van der Waals surface area contributed by atoms with Gasteiger partial charge in [-0.05, 0) is 26.0 Å². The fourth-order valence-electron chi connectivity index (χ4n) is 1.55. The highest BCUT2D eigenvalue weighted by Gasteiger charge is 2.20. The number of hydrogen-bond donors (Lipinski definition) is 2. The predicted molar refractivity (Wildman–Crippen MR) is 71.8 cm³/mol. The number of aromatic nitrogens is 1. The van der Waals surface area contributed by atoms with Crippen molar-refractivity contribution in [2.75, 3.05) is 25.4 Å². The number of amides is 1. The molecule has 106 valence electrons. The molecule has 0 bridgehead atoms. The van der Waals surface area contributed by atoms with Gasteiger partial charge in [0.2, 0.25) is 15.9 Å². The first-order valence-corrected chi connectivity index (χ1v) is 7.38. The number of nitrogens with one attached hydrogen (secondary N) is 1. The molecule has 0 aliphatic rings. The third-order valence-corrected chi connectivity index (χ3v) is 4.07. The first-order valence-electron chi connectivity index (χ1n) is 5.90. The average molecular weight is 286 g/mol. The van der Waals surface area contributed by atoms with Crippen LogP contribution in [0.3, 0.4) is 0 Å². The maximum Gasteiger partial charge on any atom is 0.244 e. The Bertz CT molecular complexity index is 541. The van der Waals surface area contributed by atoms with Gasteiger partial charge in [0.15, 0.2) is 0 Å². The van der Waals surface area contributed by atoms with Crippen LogP contribution in [0.2, 0.25) is 0 Å². The van der Waals surface area contributed by atoms with E-state index in [9.17, 15) is 13.2 Å². The van der Waals surface area contributed by atoms with Gasteiger partial charge in [0.05, 0.1) is 6.54 Å². The number of hydrogen-bond acceptors (Lipinski definition) is 5. The summed E-state index contributed by atoms with van der Waals surface area (Å²) in [6, 6.07) is 2.81. The van der Waals surface area contributed by atoms with Gasteiger partial charge in [-0.25, -0.2) is 18.1 Å². The molecule has 1 rings (SSSR count). The summed E-state index contributed by atoms with van der Waals surface area (Å²) in [7, 11) is -3.82. The van der Waals surface area contributed by atoms with E-state index in [1.165, 1.54) is 23.2 Å². The second kappa shape index (κ2) is 6.48. The molecule has 0 aliphatic heterocycles. The number of pyridine rings is 1. The van der Waals surface area contributed by atoms with Gasteiger partial charge in [-0.3, -0.25) is 4.79 Å². The molecule has 7 nitrogen and oxygen atoms in total. The molecule has 0 spiro atoms. The third-order valence-electron chi connectivity index (χ3n) is 2.62. The van der Waals surface area contributed by atoms with Crippen LogP contribution in [0.5, 0.6) is 0 Å². The minimum Gasteiger partial charge on any atom is -0.383 e. The molecule has 0 saturated heterocycles. The van der Waals surface area contributed by atoms with Gasteiger partial charge in [-0.15, -0.1) is 0 Å². The van der Waals surface area contributed by atoms with Gasteiger partial charge in [-0.1, -0.05) is 0 Å². The Morgan fingerprint density at radius 3 is 2.58 bits per heavy atom. The normalized spacial score (nSPS) is 11.3. The molecule has 0 fully saturated rings. The first kappa shape index (κ1) is 15.4. The molecule has 1 heterocycles. The van der Waals surface area contributed by atoms with E-state index in [0.29, 0.717) is 13.1 Å². The molecule has 1 amide bonds. The monoisotopic (exact) mass is 286 g/mol. The molecule has 0 saturated carbocycles. The van der Waals surface area contributed by atoms with Gasteiger partial charge < -0.3 is 10.6 Å². The smallest absolute Gasteiger partial charge is 0.244 e. The first-order chi connectivity index (χ1) is 8.92. The van der Waals surface area contributed by atoms with Gasteiger partial charge >= 0.3 is 0 Å². The number of nitrogens with two attached hydrogens (primary N) is 1. The lowest BCUT2D eigenvalue weighted by atomic mass is 10.4. The second-order valence-corrected chi connectivity index (χ2v) is 5.51. The quantitative estimate of drug-likeness (QED) is 0.754. The van der Waals surface area contributed by atoms with Crippen LogP contribution in [0.4, 0.5) is 5.82 Å². The number of nitrogen functional groups attached to an aromatic ring is 1. The standard InChI is InChI=1S/C11H18N4O3S/c1-3-15(4-2)10(16)8-14-19(17,18)9-6-5-7-13-11(9)12/h5-7,14H,3-4,8H2,1-2H3,(H2,12,13). The SMILES string of the molecule is CCN(CC)C(=O)CNS(=O)(=O)c1cccnc1N. The fraction of sp³-hybridized carbons (Fsp3) is 0.455. The Morgan fingerprint density at radius 1 is 1.42 bits per heavy atom. The van der Waals surface area contributed by atoms with Crippen LogP contribution >= 0.6 is 0 Å². The number of nitrogens with zero attached hydrogens (tertiary/aromatic N) is 2. The van der Waals surface area contributed by atoms with E-state index >= 15 is 0 Å². The lowest BCUT2D eigenvalue weighted by Gasteiger charge is -2.18. The summed E-state index contributed by atoms with van der Waals surface area (Å²) < 4.78 is 26.1. The Labute approximate surface area is 112 Å². The Balaban J connectivity index is 2.77. The summed E-state index contributed by atoms with van der Waals surface area (Å²) >= 11 is 0. The summed E-state index contributed by atoms with van der Waals surface area (Å²) in [4.78, 5) is 16.8. The van der Waals surface area contributed by atoms with E-state index in [2.05, 4.69) is 9.71 Å². The van der Waals surface area contributed by atoms with Crippen molar-refractivity contribution in [2.45, 2.75) is 18.7 Å². The van der Waals surface area contributed by atoms with Crippen molar-refractivity contribution in [2.24, 2.45) is 0 Å². The van der Waals surface area contributed by atoms with Crippen molar-refractivity contribution < 1.29 is 13.2 Å². The Hall–Kier alpha value is -1.67. The summed E-state index contributed by atoms with van der Waals surface area (Å²) in [5, 5.41) is 0. The van der Waals surface area contributed by atoms with Crippen LogP contribution in [0.15, 0.2) is 23.2 Å². The van der Waals surface area contributed by atoms with Crippen LogP contribution in [-0.4, -0.2) is 43.8 Å². The van der Waals surface area contributed by atoms with Crippen molar-refractivity contribution in [1.82, 2.24) is 14.6 Å². The molecular formula is C11H18N4O3S. The number of likely N-dealkylation sites (N-methyl/N-ethyl adjacent to an activating group) is 1. The molecular weight excluding hydrogens is 268 g/mol. The number of carbonyl (C=O) groups is 1. The predicted octanol–water partition coefficient (Wildman–Crippen LogP) is -0.189. The van der Waals surface area contributed by atoms with E-state index < -0.39 is 10.0 Å². The van der Waals surface area contributed by atoms with Crippen molar-refractivity contribution in [1.29, 1.82) is 0 Å². The zero-order valence-electron chi connectivity index (χ0n) is 11.0. The maximum atomic E-state index is 12.0. The minimum atomic E-state index is -3.82. The molecule has 3 N–H and O–H groups in total. The van der Waals surface area contributed by atoms with Crippen LogP contribution in [-0.2, 0) is 14.8 Å². The molecule has 8 heteroatoms. The Kier molecular flexibility index (Phi) is 5.25. The van der Waals surface area contributed by atoms with Gasteiger partial charge in [0.1, 0.15) is 10.7 Å². The Morgan fingerprint density at radius 2 is 2.05 bits per heavy atom. The maximum absolute atomic E-state index is 12.0. The zero-order valence-corrected chi connectivity index (χ0v) is 11.8. The minimum absolute atomic E-state index is 0.0923. The highest BCUT2D eigenvalue weighted by molar-refractivity contribution is 7.89. The number of rotatable bonds is 6. The molecule has 0 aromatic carbocycles. The van der Waals surface area contributed by atoms with Crippen molar-refractivity contribution in [3.63, 3.8) is 0 Å². The van der Waals surface area contributed by atoms with Crippen LogP contribution in [0.1, 0.15) is 13.8 Å². The fourth-order valence-corrected chi connectivity index (χ4v) is 2.61. The van der Waals surface area contributed by atoms with Crippen molar-refractivity contribution in [3.05, 3.63) is 18.3 Å². The molecule has 19 heavy (non-hydrogen) atoms. The van der Waals surface area contributed by atoms with E-state index in [-0.39, 0.29) is 23.2 Å². The largest absolute Gasteiger partial charge is 0.383 e. The van der Waals surface area contributed by atoms with Crippen LogP contribution in [0, 0.1) is 0 Å². The molecule has 0 aliphatic carbocycles. The van der Waals surface area contributed by atoms with E-state index in [4.69, 9.17) is 5.73 Å². The van der Waals surface area contributed by atoms with Crippen LogP contribution < -0.4 is 10.5 Å². The summed E-state index contributed by atoms with van der Waals surface area (Å²) in [5.41, 5.74) is 5.50. The topological polar surface area (TPSA) is 105 Å². The summed E-state index contributed by atoms with van der Waals surface area (Å²) in [6.07, 6.45) is 1.40. The van der Waals surface area contributed by atoms with Crippen molar-refractivity contribution >= 4 is 21.7 Å². The average Bonchev–Trinajstić information content (AvgIpc) is 2.38. The zero-order chi connectivity index (χ0) is 14.5. The van der Waals surface area contributed by atoms with E-state index in [0.717, 1.165) is 0 Å². The highest BCUT2D eigenvalue weighted by atomic mass is 32.2. The summed E-state index contributed by atoms with van der Waals surface area (Å²) in [5.74, 6) is -0.374. The van der Waals surface area contributed by atoms with Crippen molar-refractivity contribution in [3.8, 4) is 0 Å². The van der Waals surface area contributed by atoms with Gasteiger partial charge in [0.25, 0.3) is 0 Å².